The fourth-order valence-corrected chi connectivity index (χ4v) is 6.14. The quantitative estimate of drug-likeness (QED) is 0.416. The number of Topliss-reactive ketones (excluding diaryl/α,β-unsaturated/α-hetero) is 1. The van der Waals surface area contributed by atoms with Gasteiger partial charge in [-0.3, -0.25) is 9.36 Å². The van der Waals surface area contributed by atoms with Gasteiger partial charge in [-0.05, 0) is 43.7 Å². The highest BCUT2D eigenvalue weighted by Gasteiger charge is 2.35. The molecule has 3 aromatic rings. The Kier molecular flexibility index (Phi) is 8.18. The molecule has 1 N–H and O–H groups in total. The zero-order chi connectivity index (χ0) is 29.2. The van der Waals surface area contributed by atoms with E-state index in [9.17, 15) is 18.4 Å². The number of alkyl halides is 2. The molecule has 0 atom stereocenters. The van der Waals surface area contributed by atoms with Crippen molar-refractivity contribution in [3.05, 3.63) is 36.2 Å². The predicted octanol–water partition coefficient (Wildman–Crippen LogP) is 4.22. The van der Waals surface area contributed by atoms with Gasteiger partial charge in [0.2, 0.25) is 5.95 Å². The van der Waals surface area contributed by atoms with Gasteiger partial charge >= 0.3 is 6.09 Å². The van der Waals surface area contributed by atoms with E-state index in [1.165, 1.54) is 11.7 Å². The number of halogens is 2. The van der Waals surface area contributed by atoms with Crippen molar-refractivity contribution in [2.45, 2.75) is 44.6 Å². The molecule has 0 spiro atoms. The molecule has 13 heteroatoms. The molecule has 11 nitrogen and oxygen atoms in total. The van der Waals surface area contributed by atoms with Crippen LogP contribution in [0.25, 0.3) is 16.9 Å². The van der Waals surface area contributed by atoms with Crippen LogP contribution in [0.4, 0.5) is 25.3 Å². The number of para-hydroxylation sites is 2. The molecule has 1 aliphatic carbocycles. The first-order valence-corrected chi connectivity index (χ1v) is 14.5. The second-order valence-corrected chi connectivity index (χ2v) is 11.2. The SMILES string of the molecule is COC(=O)N1CCC(C(=O)CC2CC(Nc3cc(-n4c(C(F)F)nc5ccccc54)nc(N4CCOCC4)n3)C2)CC1. The number of amides is 1. The number of piperidine rings is 1. The minimum Gasteiger partial charge on any atom is -0.453 e. The number of aromatic nitrogens is 4. The largest absolute Gasteiger partial charge is 0.453 e. The third kappa shape index (κ3) is 5.87. The fourth-order valence-electron chi connectivity index (χ4n) is 6.14. The van der Waals surface area contributed by atoms with E-state index in [0.717, 1.165) is 12.8 Å². The topological polar surface area (TPSA) is 115 Å². The number of nitrogens with one attached hydrogen (secondary N) is 1. The Morgan fingerprint density at radius 3 is 2.52 bits per heavy atom. The molecular formula is C29H35F2N7O4. The molecule has 1 saturated carbocycles. The number of hydrogen-bond donors (Lipinski definition) is 1. The first kappa shape index (κ1) is 28.3. The van der Waals surface area contributed by atoms with E-state index >= 15 is 0 Å². The van der Waals surface area contributed by atoms with Crippen LogP contribution in [0.3, 0.4) is 0 Å². The Morgan fingerprint density at radius 2 is 1.81 bits per heavy atom. The summed E-state index contributed by atoms with van der Waals surface area (Å²) >= 11 is 0. The average Bonchev–Trinajstić information content (AvgIpc) is 3.40. The minimum absolute atomic E-state index is 0.0209. The minimum atomic E-state index is -2.78. The van der Waals surface area contributed by atoms with Crippen LogP contribution >= 0.6 is 0 Å². The Hall–Kier alpha value is -3.87. The average molecular weight is 584 g/mol. The zero-order valence-corrected chi connectivity index (χ0v) is 23.5. The van der Waals surface area contributed by atoms with Crippen LogP contribution < -0.4 is 10.2 Å². The first-order valence-electron chi connectivity index (χ1n) is 14.5. The van der Waals surface area contributed by atoms with E-state index in [2.05, 4.69) is 10.3 Å². The Bertz CT molecular complexity index is 1430. The second kappa shape index (κ2) is 12.2. The number of imidazole rings is 1. The van der Waals surface area contributed by atoms with Crippen molar-refractivity contribution < 1.29 is 27.8 Å². The lowest BCUT2D eigenvalue weighted by molar-refractivity contribution is -0.125. The van der Waals surface area contributed by atoms with Gasteiger partial charge in [0.05, 0.1) is 31.4 Å². The summed E-state index contributed by atoms with van der Waals surface area (Å²) < 4.78 is 39.9. The highest BCUT2D eigenvalue weighted by molar-refractivity contribution is 5.82. The van der Waals surface area contributed by atoms with Crippen LogP contribution in [0.2, 0.25) is 0 Å². The molecule has 1 amide bonds. The third-order valence-corrected chi connectivity index (χ3v) is 8.47. The van der Waals surface area contributed by atoms with Crippen molar-refractivity contribution in [2.24, 2.45) is 11.8 Å². The fraction of sp³-hybridized carbons (Fsp3) is 0.552. The summed E-state index contributed by atoms with van der Waals surface area (Å²) in [6.45, 7) is 3.35. The molecule has 2 saturated heterocycles. The Morgan fingerprint density at radius 1 is 1.07 bits per heavy atom. The van der Waals surface area contributed by atoms with Crippen molar-refractivity contribution in [1.82, 2.24) is 24.4 Å². The van der Waals surface area contributed by atoms with Crippen LogP contribution in [0.1, 0.15) is 44.4 Å². The van der Waals surface area contributed by atoms with E-state index in [4.69, 9.17) is 19.4 Å². The van der Waals surface area contributed by atoms with Crippen LogP contribution in [0.15, 0.2) is 30.3 Å². The standard InChI is InChI=1S/C29H35F2N7O4/c1-41-29(40)37-8-6-19(7-9-37)23(39)16-18-14-20(15-18)32-24-17-25(35-28(34-24)36-10-12-42-13-11-36)38-22-5-3-2-4-21(22)33-27(38)26(30)31/h2-5,17-20,26H,6-16H2,1H3,(H,32,34,35). The van der Waals surface area contributed by atoms with Crippen molar-refractivity contribution in [3.8, 4) is 5.82 Å². The van der Waals surface area contributed by atoms with E-state index in [0.29, 0.717) is 87.3 Å². The van der Waals surface area contributed by atoms with Crippen molar-refractivity contribution in [1.29, 1.82) is 0 Å². The van der Waals surface area contributed by atoms with Crippen LogP contribution in [0, 0.1) is 11.8 Å². The summed E-state index contributed by atoms with van der Waals surface area (Å²) in [5.74, 6) is 1.46. The smallest absolute Gasteiger partial charge is 0.409 e. The summed E-state index contributed by atoms with van der Waals surface area (Å²) in [5.41, 5.74) is 1.02. The van der Waals surface area contributed by atoms with Gasteiger partial charge in [0.1, 0.15) is 17.4 Å². The molecule has 3 fully saturated rings. The lowest BCUT2D eigenvalue weighted by Gasteiger charge is -2.37. The number of carbonyl (C=O) groups is 2. The molecule has 2 aliphatic heterocycles. The summed E-state index contributed by atoms with van der Waals surface area (Å²) in [6, 6.07) is 8.82. The number of ketones is 1. The van der Waals surface area contributed by atoms with Gasteiger partial charge < -0.3 is 24.6 Å². The maximum absolute atomic E-state index is 14.1. The summed E-state index contributed by atoms with van der Waals surface area (Å²) in [6.07, 6.45) is 0.358. The van der Waals surface area contributed by atoms with E-state index in [1.807, 2.05) is 4.90 Å². The molecule has 4 heterocycles. The number of fused-ring (bicyclic) bond motifs is 1. The predicted molar refractivity (Wildman–Crippen MR) is 151 cm³/mol. The Labute approximate surface area is 242 Å². The maximum Gasteiger partial charge on any atom is 0.409 e. The number of hydrogen-bond acceptors (Lipinski definition) is 9. The molecule has 6 rings (SSSR count). The molecule has 0 bridgehead atoms. The maximum atomic E-state index is 14.1. The highest BCUT2D eigenvalue weighted by atomic mass is 19.3. The molecule has 0 radical (unpaired) electrons. The van der Waals surface area contributed by atoms with Gasteiger partial charge in [0.25, 0.3) is 6.43 Å². The van der Waals surface area contributed by atoms with Gasteiger partial charge in [-0.1, -0.05) is 12.1 Å². The molecule has 2 aromatic heterocycles. The van der Waals surface area contributed by atoms with Gasteiger partial charge in [-0.15, -0.1) is 0 Å². The summed E-state index contributed by atoms with van der Waals surface area (Å²) in [5, 5.41) is 3.46. The normalized spacial score (nSPS) is 21.4. The number of nitrogens with zero attached hydrogens (tertiary/aromatic N) is 6. The second-order valence-electron chi connectivity index (χ2n) is 11.2. The number of benzene rings is 1. The number of morpholine rings is 1. The first-order chi connectivity index (χ1) is 20.4. The molecular weight excluding hydrogens is 548 g/mol. The number of methoxy groups -OCH3 is 1. The summed E-state index contributed by atoms with van der Waals surface area (Å²) in [4.78, 5) is 41.9. The number of likely N-dealkylation sites (tertiary alicyclic amines) is 1. The number of ether oxygens (including phenoxy) is 2. The summed E-state index contributed by atoms with van der Waals surface area (Å²) in [7, 11) is 1.37. The molecule has 224 valence electrons. The zero-order valence-electron chi connectivity index (χ0n) is 23.5. The molecule has 0 unspecified atom stereocenters. The van der Waals surface area contributed by atoms with Crippen molar-refractivity contribution >= 4 is 34.7 Å². The van der Waals surface area contributed by atoms with E-state index < -0.39 is 6.43 Å². The van der Waals surface area contributed by atoms with Crippen LogP contribution in [0.5, 0.6) is 0 Å². The lowest BCUT2D eigenvalue weighted by Crippen LogP contribution is -2.42. The highest BCUT2D eigenvalue weighted by Crippen LogP contribution is 2.36. The number of anilines is 2. The lowest BCUT2D eigenvalue weighted by atomic mass is 9.75. The number of carbonyl (C=O) groups excluding carboxylic acids is 2. The Balaban J connectivity index is 1.16. The van der Waals surface area contributed by atoms with Gasteiger partial charge in [0.15, 0.2) is 5.82 Å². The van der Waals surface area contributed by atoms with Gasteiger partial charge in [0, 0.05) is 50.6 Å². The molecule has 3 aliphatic rings. The van der Waals surface area contributed by atoms with Gasteiger partial charge in [-0.25, -0.2) is 18.6 Å². The van der Waals surface area contributed by atoms with Crippen LogP contribution in [-0.4, -0.2) is 88.8 Å². The van der Waals surface area contributed by atoms with E-state index in [-0.39, 0.29) is 35.6 Å². The van der Waals surface area contributed by atoms with Crippen molar-refractivity contribution in [2.75, 3.05) is 56.7 Å². The van der Waals surface area contributed by atoms with Gasteiger partial charge in [-0.2, -0.15) is 9.97 Å². The third-order valence-electron chi connectivity index (χ3n) is 8.47. The van der Waals surface area contributed by atoms with E-state index in [1.54, 1.807) is 35.2 Å². The van der Waals surface area contributed by atoms with Crippen LogP contribution in [-0.2, 0) is 14.3 Å². The number of rotatable bonds is 8. The monoisotopic (exact) mass is 583 g/mol. The molecule has 42 heavy (non-hydrogen) atoms. The molecule has 1 aromatic carbocycles. The van der Waals surface area contributed by atoms with Crippen molar-refractivity contribution in [3.63, 3.8) is 0 Å².